The van der Waals surface area contributed by atoms with E-state index in [0.29, 0.717) is 19.1 Å². The molecule has 9 heteroatoms. The molecule has 0 radical (unpaired) electrons. The normalized spacial score (nSPS) is 14.6. The SMILES string of the molecule is CC1CCN(c2nccc(Nc3cc4c(C(C)C)ccc(OCCn5cnnc5)c4cn3)n2)CC1. The van der Waals surface area contributed by atoms with Crippen LogP contribution >= 0.6 is 0 Å². The fourth-order valence-corrected chi connectivity index (χ4v) is 4.44. The van der Waals surface area contributed by atoms with Crippen molar-refractivity contribution in [1.82, 2.24) is 29.7 Å². The predicted molar refractivity (Wildman–Crippen MR) is 137 cm³/mol. The van der Waals surface area contributed by atoms with Gasteiger partial charge >= 0.3 is 0 Å². The third-order valence-corrected chi connectivity index (χ3v) is 6.56. The molecule has 4 aromatic rings. The van der Waals surface area contributed by atoms with Crippen LogP contribution in [0.2, 0.25) is 0 Å². The van der Waals surface area contributed by atoms with Crippen LogP contribution in [0.4, 0.5) is 17.6 Å². The maximum atomic E-state index is 6.11. The summed E-state index contributed by atoms with van der Waals surface area (Å²) in [5, 5.41) is 13.2. The molecule has 1 aliphatic rings. The van der Waals surface area contributed by atoms with Crippen molar-refractivity contribution in [3.63, 3.8) is 0 Å². The maximum Gasteiger partial charge on any atom is 0.227 e. The van der Waals surface area contributed by atoms with Gasteiger partial charge in [0.2, 0.25) is 5.95 Å². The summed E-state index contributed by atoms with van der Waals surface area (Å²) in [4.78, 5) is 16.2. The molecule has 1 saturated heterocycles. The summed E-state index contributed by atoms with van der Waals surface area (Å²) >= 11 is 0. The van der Waals surface area contributed by atoms with Crippen LogP contribution in [0.15, 0.2) is 49.3 Å². The van der Waals surface area contributed by atoms with E-state index in [1.165, 1.54) is 18.4 Å². The Morgan fingerprint density at radius 3 is 2.60 bits per heavy atom. The van der Waals surface area contributed by atoms with Crippen molar-refractivity contribution in [2.75, 3.05) is 29.9 Å². The topological polar surface area (TPSA) is 93.9 Å². The zero-order valence-corrected chi connectivity index (χ0v) is 20.6. The van der Waals surface area contributed by atoms with E-state index in [-0.39, 0.29) is 0 Å². The lowest BCUT2D eigenvalue weighted by Crippen LogP contribution is -2.34. The number of anilines is 3. The second-order valence-electron chi connectivity index (χ2n) is 9.51. The Balaban J connectivity index is 1.37. The number of hydrogen-bond acceptors (Lipinski definition) is 8. The van der Waals surface area contributed by atoms with Crippen molar-refractivity contribution in [1.29, 1.82) is 0 Å². The molecule has 0 amide bonds. The number of ether oxygens (including phenoxy) is 1. The highest BCUT2D eigenvalue weighted by molar-refractivity contribution is 5.92. The van der Waals surface area contributed by atoms with Crippen LogP contribution in [0.5, 0.6) is 5.75 Å². The lowest BCUT2D eigenvalue weighted by molar-refractivity contribution is 0.301. The zero-order valence-electron chi connectivity index (χ0n) is 20.6. The van der Waals surface area contributed by atoms with Gasteiger partial charge in [-0.15, -0.1) is 10.2 Å². The number of rotatable bonds is 8. The van der Waals surface area contributed by atoms with Gasteiger partial charge in [0, 0.05) is 30.9 Å². The molecule has 1 aliphatic heterocycles. The molecule has 35 heavy (non-hydrogen) atoms. The first-order valence-corrected chi connectivity index (χ1v) is 12.3. The third-order valence-electron chi connectivity index (χ3n) is 6.56. The van der Waals surface area contributed by atoms with E-state index in [1.54, 1.807) is 12.7 Å². The number of hydrogen-bond donors (Lipinski definition) is 1. The Hall–Kier alpha value is -3.75. The number of benzene rings is 1. The number of nitrogens with zero attached hydrogens (tertiary/aromatic N) is 7. The minimum Gasteiger partial charge on any atom is -0.491 e. The van der Waals surface area contributed by atoms with Crippen LogP contribution in [0, 0.1) is 5.92 Å². The van der Waals surface area contributed by atoms with Crippen molar-refractivity contribution >= 4 is 28.4 Å². The van der Waals surface area contributed by atoms with E-state index in [2.05, 4.69) is 63.3 Å². The van der Waals surface area contributed by atoms with E-state index in [1.807, 2.05) is 29.1 Å². The smallest absolute Gasteiger partial charge is 0.227 e. The van der Waals surface area contributed by atoms with Crippen LogP contribution in [0.1, 0.15) is 45.1 Å². The fraction of sp³-hybridized carbons (Fsp3) is 0.423. The second kappa shape index (κ2) is 10.2. The van der Waals surface area contributed by atoms with E-state index >= 15 is 0 Å². The van der Waals surface area contributed by atoms with Crippen molar-refractivity contribution in [3.05, 3.63) is 54.9 Å². The minimum atomic E-state index is 0.367. The molecule has 1 fully saturated rings. The molecule has 3 aromatic heterocycles. The zero-order chi connectivity index (χ0) is 24.2. The number of pyridine rings is 1. The van der Waals surface area contributed by atoms with Crippen molar-refractivity contribution < 1.29 is 4.74 Å². The summed E-state index contributed by atoms with van der Waals surface area (Å²) in [5.74, 6) is 4.22. The molecule has 0 atom stereocenters. The molecule has 5 rings (SSSR count). The molecule has 0 saturated carbocycles. The molecule has 0 spiro atoms. The van der Waals surface area contributed by atoms with Gasteiger partial charge in [0.05, 0.1) is 6.54 Å². The van der Waals surface area contributed by atoms with Crippen molar-refractivity contribution in [2.24, 2.45) is 5.92 Å². The average Bonchev–Trinajstić information content (AvgIpc) is 3.38. The second-order valence-corrected chi connectivity index (χ2v) is 9.51. The maximum absolute atomic E-state index is 6.11. The van der Waals surface area contributed by atoms with Gasteiger partial charge in [-0.2, -0.15) is 4.98 Å². The summed E-state index contributed by atoms with van der Waals surface area (Å²) in [6, 6.07) is 8.15. The molecule has 0 bridgehead atoms. The number of fused-ring (bicyclic) bond motifs is 1. The highest BCUT2D eigenvalue weighted by Crippen LogP contribution is 2.34. The summed E-state index contributed by atoms with van der Waals surface area (Å²) < 4.78 is 8.01. The molecule has 182 valence electrons. The molecule has 0 unspecified atom stereocenters. The Kier molecular flexibility index (Phi) is 6.74. The number of piperidine rings is 1. The average molecular weight is 473 g/mol. The summed E-state index contributed by atoms with van der Waals surface area (Å²) in [6.45, 7) is 9.90. The monoisotopic (exact) mass is 472 g/mol. The van der Waals surface area contributed by atoms with E-state index in [4.69, 9.17) is 9.72 Å². The number of aromatic nitrogens is 6. The van der Waals surface area contributed by atoms with E-state index in [0.717, 1.165) is 53.1 Å². The Morgan fingerprint density at radius 2 is 1.83 bits per heavy atom. The fourth-order valence-electron chi connectivity index (χ4n) is 4.44. The first kappa shape index (κ1) is 23.0. The van der Waals surface area contributed by atoms with E-state index in [9.17, 15) is 0 Å². The van der Waals surface area contributed by atoms with Gasteiger partial charge < -0.3 is 19.5 Å². The summed E-state index contributed by atoms with van der Waals surface area (Å²) in [6.07, 6.45) is 9.42. The lowest BCUT2D eigenvalue weighted by Gasteiger charge is -2.30. The highest BCUT2D eigenvalue weighted by Gasteiger charge is 2.18. The lowest BCUT2D eigenvalue weighted by atomic mass is 9.96. The molecular weight excluding hydrogens is 440 g/mol. The van der Waals surface area contributed by atoms with Crippen molar-refractivity contribution in [2.45, 2.75) is 46.1 Å². The molecule has 4 heterocycles. The highest BCUT2D eigenvalue weighted by atomic mass is 16.5. The van der Waals surface area contributed by atoms with Gasteiger partial charge in [-0.05, 0) is 53.8 Å². The third kappa shape index (κ3) is 5.34. The predicted octanol–water partition coefficient (Wildman–Crippen LogP) is 4.80. The summed E-state index contributed by atoms with van der Waals surface area (Å²) in [7, 11) is 0. The Bertz CT molecular complexity index is 1270. The molecule has 1 aromatic carbocycles. The minimum absolute atomic E-state index is 0.367. The molecule has 9 nitrogen and oxygen atoms in total. The van der Waals surface area contributed by atoms with E-state index < -0.39 is 0 Å². The standard InChI is InChI=1S/C26H32N8O/c1-18(2)20-4-5-23(35-13-12-33-16-29-30-17-33)22-15-28-25(14-21(20)22)31-24-6-9-27-26(32-24)34-10-7-19(3)8-11-34/h4-6,9,14-19H,7-8,10-13H2,1-3H3,(H,27,28,31,32). The van der Waals surface area contributed by atoms with Crippen LogP contribution < -0.4 is 15.0 Å². The summed E-state index contributed by atoms with van der Waals surface area (Å²) in [5.41, 5.74) is 1.25. The number of nitrogens with one attached hydrogen (secondary N) is 1. The van der Waals surface area contributed by atoms with Gasteiger partial charge in [-0.25, -0.2) is 9.97 Å². The Labute approximate surface area is 205 Å². The van der Waals surface area contributed by atoms with Gasteiger partial charge in [0.1, 0.15) is 36.6 Å². The Morgan fingerprint density at radius 1 is 1.03 bits per heavy atom. The first-order chi connectivity index (χ1) is 17.1. The van der Waals surface area contributed by atoms with Crippen LogP contribution in [0.25, 0.3) is 10.8 Å². The van der Waals surface area contributed by atoms with Gasteiger partial charge in [0.25, 0.3) is 0 Å². The van der Waals surface area contributed by atoms with Crippen LogP contribution in [0.3, 0.4) is 0 Å². The van der Waals surface area contributed by atoms with Gasteiger partial charge in [-0.3, -0.25) is 0 Å². The molecule has 1 N–H and O–H groups in total. The van der Waals surface area contributed by atoms with Crippen LogP contribution in [-0.2, 0) is 6.54 Å². The largest absolute Gasteiger partial charge is 0.491 e. The quantitative estimate of drug-likeness (QED) is 0.391. The van der Waals surface area contributed by atoms with Crippen molar-refractivity contribution in [3.8, 4) is 5.75 Å². The molecular formula is C26H32N8O. The van der Waals surface area contributed by atoms with Gasteiger partial charge in [0.15, 0.2) is 0 Å². The van der Waals surface area contributed by atoms with Gasteiger partial charge in [-0.1, -0.05) is 26.8 Å². The molecule has 0 aliphatic carbocycles. The first-order valence-electron chi connectivity index (χ1n) is 12.3. The van der Waals surface area contributed by atoms with Crippen LogP contribution in [-0.4, -0.2) is 49.4 Å².